The molecule has 0 aliphatic rings. The lowest BCUT2D eigenvalue weighted by molar-refractivity contribution is 0.432. The highest BCUT2D eigenvalue weighted by molar-refractivity contribution is 7.94. The van der Waals surface area contributed by atoms with Gasteiger partial charge in [0.05, 0.1) is 11.3 Å². The van der Waals surface area contributed by atoms with Crippen molar-refractivity contribution in [2.24, 2.45) is 0 Å². The van der Waals surface area contributed by atoms with Crippen LogP contribution in [0.5, 0.6) is 0 Å². The van der Waals surface area contributed by atoms with E-state index in [9.17, 15) is 12.8 Å². The van der Waals surface area contributed by atoms with Crippen LogP contribution in [-0.4, -0.2) is 18.6 Å². The maximum Gasteiger partial charge on any atom is 0.271 e. The van der Waals surface area contributed by atoms with Crippen molar-refractivity contribution in [2.75, 3.05) is 4.72 Å². The van der Waals surface area contributed by atoms with Crippen LogP contribution in [0.2, 0.25) is 0 Å². The van der Waals surface area contributed by atoms with Crippen LogP contribution in [0, 0.1) is 19.7 Å². The van der Waals surface area contributed by atoms with Gasteiger partial charge in [-0.05, 0) is 49.2 Å². The number of nitrogens with one attached hydrogen (secondary N) is 1. The molecule has 148 valence electrons. The lowest BCUT2D eigenvalue weighted by Crippen LogP contribution is -2.12. The predicted molar refractivity (Wildman–Crippen MR) is 110 cm³/mol. The normalized spacial score (nSPS) is 11.6. The third kappa shape index (κ3) is 4.06. The highest BCUT2D eigenvalue weighted by Gasteiger charge is 2.21. The van der Waals surface area contributed by atoms with Gasteiger partial charge in [-0.15, -0.1) is 11.3 Å². The van der Waals surface area contributed by atoms with Crippen molar-refractivity contribution in [3.05, 3.63) is 70.9 Å². The van der Waals surface area contributed by atoms with Crippen LogP contribution in [0.15, 0.2) is 62.6 Å². The standard InChI is InChI=1S/C20H16FN3O3S2/c1-12-6-7-13(2)17(8-12)24-29(25,26)18-10-15(11-28-18)20-22-19(23-27-20)14-4-3-5-16(21)9-14/h3-11,24H,1-2H3. The Morgan fingerprint density at radius 1 is 1.07 bits per heavy atom. The maximum absolute atomic E-state index is 13.4. The Morgan fingerprint density at radius 3 is 2.69 bits per heavy atom. The zero-order chi connectivity index (χ0) is 20.6. The van der Waals surface area contributed by atoms with E-state index in [0.29, 0.717) is 16.8 Å². The molecule has 0 saturated heterocycles. The molecule has 2 heterocycles. The minimum Gasteiger partial charge on any atom is -0.334 e. The SMILES string of the molecule is Cc1ccc(C)c(NS(=O)(=O)c2cc(-c3nc(-c4cccc(F)c4)no3)cs2)c1. The highest BCUT2D eigenvalue weighted by atomic mass is 32.2. The third-order valence-corrected chi connectivity index (χ3v) is 7.04. The first-order chi connectivity index (χ1) is 13.8. The molecular weight excluding hydrogens is 413 g/mol. The molecule has 0 amide bonds. The zero-order valence-electron chi connectivity index (χ0n) is 15.5. The van der Waals surface area contributed by atoms with E-state index in [1.807, 2.05) is 26.0 Å². The Balaban J connectivity index is 1.60. The Kier molecular flexibility index (Phi) is 4.93. The summed E-state index contributed by atoms with van der Waals surface area (Å²) >= 11 is 1.05. The fourth-order valence-corrected chi connectivity index (χ4v) is 4.97. The Morgan fingerprint density at radius 2 is 1.90 bits per heavy atom. The summed E-state index contributed by atoms with van der Waals surface area (Å²) in [6.45, 7) is 3.73. The summed E-state index contributed by atoms with van der Waals surface area (Å²) in [7, 11) is -3.76. The molecule has 4 rings (SSSR count). The van der Waals surface area contributed by atoms with Crippen molar-refractivity contribution in [1.82, 2.24) is 10.1 Å². The average molecular weight is 429 g/mol. The summed E-state index contributed by atoms with van der Waals surface area (Å²) in [5.74, 6) is -0.0207. The van der Waals surface area contributed by atoms with E-state index in [4.69, 9.17) is 4.52 Å². The first kappa shape index (κ1) is 19.3. The van der Waals surface area contributed by atoms with Gasteiger partial charge >= 0.3 is 0 Å². The highest BCUT2D eigenvalue weighted by Crippen LogP contribution is 2.31. The third-order valence-electron chi connectivity index (χ3n) is 4.23. The molecule has 4 aromatic rings. The van der Waals surface area contributed by atoms with Gasteiger partial charge in [-0.1, -0.05) is 29.4 Å². The molecule has 0 saturated carbocycles. The van der Waals surface area contributed by atoms with Crippen LogP contribution < -0.4 is 4.72 Å². The van der Waals surface area contributed by atoms with Crippen molar-refractivity contribution < 1.29 is 17.3 Å². The number of hydrogen-bond acceptors (Lipinski definition) is 6. The predicted octanol–water partition coefficient (Wildman–Crippen LogP) is 5.02. The van der Waals surface area contributed by atoms with E-state index < -0.39 is 15.8 Å². The quantitative estimate of drug-likeness (QED) is 0.481. The molecule has 0 bridgehead atoms. The van der Waals surface area contributed by atoms with Crippen LogP contribution in [0.1, 0.15) is 11.1 Å². The lowest BCUT2D eigenvalue weighted by Gasteiger charge is -2.10. The molecule has 0 aliphatic carbocycles. The largest absolute Gasteiger partial charge is 0.334 e. The number of aromatic nitrogens is 2. The molecule has 1 N–H and O–H groups in total. The fraction of sp³-hybridized carbons (Fsp3) is 0.100. The summed E-state index contributed by atoms with van der Waals surface area (Å²) in [4.78, 5) is 4.24. The summed E-state index contributed by atoms with van der Waals surface area (Å²) in [6.07, 6.45) is 0. The van der Waals surface area contributed by atoms with Crippen molar-refractivity contribution in [3.63, 3.8) is 0 Å². The summed E-state index contributed by atoms with van der Waals surface area (Å²) < 4.78 is 46.9. The summed E-state index contributed by atoms with van der Waals surface area (Å²) in [6, 6.07) is 12.9. The second kappa shape index (κ2) is 7.41. The van der Waals surface area contributed by atoms with Crippen molar-refractivity contribution in [2.45, 2.75) is 18.1 Å². The number of hydrogen-bond donors (Lipinski definition) is 1. The molecule has 2 aromatic carbocycles. The molecule has 9 heteroatoms. The number of halogens is 1. The second-order valence-corrected chi connectivity index (χ2v) is 9.33. The van der Waals surface area contributed by atoms with Gasteiger partial charge in [0.2, 0.25) is 5.82 Å². The van der Waals surface area contributed by atoms with Gasteiger partial charge in [0.1, 0.15) is 10.0 Å². The summed E-state index contributed by atoms with van der Waals surface area (Å²) in [5, 5.41) is 5.48. The molecule has 29 heavy (non-hydrogen) atoms. The number of benzene rings is 2. The molecule has 6 nitrogen and oxygen atoms in total. The van der Waals surface area contributed by atoms with Crippen LogP contribution in [0.3, 0.4) is 0 Å². The number of rotatable bonds is 5. The first-order valence-corrected chi connectivity index (χ1v) is 11.0. The molecule has 0 spiro atoms. The Hall–Kier alpha value is -3.04. The van der Waals surface area contributed by atoms with Crippen molar-refractivity contribution in [1.29, 1.82) is 0 Å². The number of nitrogens with zero attached hydrogens (tertiary/aromatic N) is 2. The van der Waals surface area contributed by atoms with Gasteiger partial charge in [0.25, 0.3) is 15.9 Å². The van der Waals surface area contributed by atoms with Crippen LogP contribution >= 0.6 is 11.3 Å². The van der Waals surface area contributed by atoms with Gasteiger partial charge in [0, 0.05) is 10.9 Å². The molecule has 0 fully saturated rings. The van der Waals surface area contributed by atoms with E-state index in [-0.39, 0.29) is 15.9 Å². The van der Waals surface area contributed by atoms with E-state index in [0.717, 1.165) is 22.5 Å². The number of sulfonamides is 1. The van der Waals surface area contributed by atoms with Crippen LogP contribution in [-0.2, 0) is 10.0 Å². The van der Waals surface area contributed by atoms with E-state index in [1.165, 1.54) is 18.2 Å². The lowest BCUT2D eigenvalue weighted by atomic mass is 10.1. The summed E-state index contributed by atoms with van der Waals surface area (Å²) in [5.41, 5.74) is 3.26. The Labute approximate surface area is 171 Å². The molecule has 0 aliphatic heterocycles. The van der Waals surface area contributed by atoms with E-state index in [2.05, 4.69) is 14.9 Å². The second-order valence-electron chi connectivity index (χ2n) is 6.51. The van der Waals surface area contributed by atoms with Crippen LogP contribution in [0.25, 0.3) is 22.8 Å². The maximum atomic E-state index is 13.4. The average Bonchev–Trinajstić information content (AvgIpc) is 3.34. The number of aryl methyl sites for hydroxylation is 2. The van der Waals surface area contributed by atoms with E-state index >= 15 is 0 Å². The van der Waals surface area contributed by atoms with Gasteiger partial charge in [0.15, 0.2) is 0 Å². The minimum atomic E-state index is -3.76. The fourth-order valence-electron chi connectivity index (χ4n) is 2.70. The topological polar surface area (TPSA) is 85.1 Å². The molecule has 0 radical (unpaired) electrons. The molecule has 0 atom stereocenters. The van der Waals surface area contributed by atoms with Gasteiger partial charge in [-0.2, -0.15) is 4.98 Å². The van der Waals surface area contributed by atoms with E-state index in [1.54, 1.807) is 23.6 Å². The smallest absolute Gasteiger partial charge is 0.271 e. The zero-order valence-corrected chi connectivity index (χ0v) is 17.1. The number of thiophene rings is 1. The van der Waals surface area contributed by atoms with Crippen LogP contribution in [0.4, 0.5) is 10.1 Å². The number of anilines is 1. The Bertz CT molecular complexity index is 1300. The monoisotopic (exact) mass is 429 g/mol. The van der Waals surface area contributed by atoms with Gasteiger partial charge < -0.3 is 4.52 Å². The minimum absolute atomic E-state index is 0.124. The van der Waals surface area contributed by atoms with Crippen molar-refractivity contribution >= 4 is 27.0 Å². The van der Waals surface area contributed by atoms with Gasteiger partial charge in [-0.3, -0.25) is 4.72 Å². The van der Waals surface area contributed by atoms with Gasteiger partial charge in [-0.25, -0.2) is 12.8 Å². The molecule has 0 unspecified atom stereocenters. The molecule has 2 aromatic heterocycles. The molecular formula is C20H16FN3O3S2. The first-order valence-electron chi connectivity index (χ1n) is 8.60. The van der Waals surface area contributed by atoms with Crippen molar-refractivity contribution in [3.8, 4) is 22.8 Å².